The van der Waals surface area contributed by atoms with Crippen molar-refractivity contribution in [3.63, 3.8) is 0 Å². The molecule has 1 amide bonds. The van der Waals surface area contributed by atoms with Gasteiger partial charge in [0, 0.05) is 30.3 Å². The summed E-state index contributed by atoms with van der Waals surface area (Å²) >= 11 is 6.01. The predicted octanol–water partition coefficient (Wildman–Crippen LogP) is 4.39. The number of β-amino-alcohol motifs (C(OH)–C–C–N with tert-alkyl or cyclic N) is 1. The Morgan fingerprint density at radius 3 is 2.43 bits per heavy atom. The summed E-state index contributed by atoms with van der Waals surface area (Å²) in [4.78, 5) is 13.5. The van der Waals surface area contributed by atoms with Crippen LogP contribution in [-0.4, -0.2) is 48.1 Å². The van der Waals surface area contributed by atoms with E-state index < -0.39 is 54.5 Å². The molecule has 1 heterocycles. The van der Waals surface area contributed by atoms with E-state index in [0.29, 0.717) is 18.1 Å². The highest BCUT2D eigenvalue weighted by Gasteiger charge is 2.35. The summed E-state index contributed by atoms with van der Waals surface area (Å²) < 4.78 is 57.1. The van der Waals surface area contributed by atoms with Gasteiger partial charge >= 0.3 is 0 Å². The Morgan fingerprint density at radius 2 is 1.80 bits per heavy atom. The lowest BCUT2D eigenvalue weighted by molar-refractivity contribution is 0.0572. The van der Waals surface area contributed by atoms with Crippen molar-refractivity contribution in [3.8, 4) is 16.9 Å². The number of nitrogens with zero attached hydrogens (tertiary/aromatic N) is 1. The number of likely N-dealkylation sites (tertiary alicyclic amines) is 1. The average molecular weight is 523 g/mol. The second-order valence-electron chi connectivity index (χ2n) is 8.56. The second kappa shape index (κ2) is 9.10. The van der Waals surface area contributed by atoms with Crippen LogP contribution in [-0.2, 0) is 10.0 Å². The average Bonchev–Trinajstić information content (AvgIpc) is 3.16. The predicted molar refractivity (Wildman–Crippen MR) is 127 cm³/mol. The first kappa shape index (κ1) is 24.9. The number of hydrogen-bond acceptors (Lipinski definition) is 5. The third-order valence-electron chi connectivity index (χ3n) is 5.69. The Bertz CT molecular complexity index is 1420. The highest BCUT2D eigenvalue weighted by molar-refractivity contribution is 7.92. The van der Waals surface area contributed by atoms with Gasteiger partial charge in [0.1, 0.15) is 16.5 Å². The van der Waals surface area contributed by atoms with Crippen LogP contribution in [0.3, 0.4) is 0 Å². The number of benzene rings is 3. The Hall–Kier alpha value is -3.21. The zero-order valence-electron chi connectivity index (χ0n) is 18.4. The molecule has 0 unspecified atom stereocenters. The normalized spacial score (nSPS) is 18.0. The SMILES string of the molecule is C[C@]1(O)CCN(C(=O)c2cc(Cl)c(O)c(S(=O)(=O)Nc3cc(-c4ccccc4)c(F)cc3F)c2)C1. The maximum absolute atomic E-state index is 14.5. The van der Waals surface area contributed by atoms with E-state index in [4.69, 9.17) is 11.6 Å². The van der Waals surface area contributed by atoms with E-state index in [9.17, 15) is 32.2 Å². The summed E-state index contributed by atoms with van der Waals surface area (Å²) in [6, 6.07) is 11.7. The van der Waals surface area contributed by atoms with Crippen molar-refractivity contribution in [3.05, 3.63) is 76.8 Å². The first-order valence-corrected chi connectivity index (χ1v) is 12.4. The molecule has 0 saturated carbocycles. The highest BCUT2D eigenvalue weighted by atomic mass is 35.5. The van der Waals surface area contributed by atoms with Gasteiger partial charge in [-0.15, -0.1) is 0 Å². The van der Waals surface area contributed by atoms with E-state index in [1.165, 1.54) is 4.90 Å². The number of phenols is 1. The Kier molecular flexibility index (Phi) is 6.48. The van der Waals surface area contributed by atoms with Crippen LogP contribution in [0.15, 0.2) is 59.5 Å². The molecule has 0 aliphatic carbocycles. The highest BCUT2D eigenvalue weighted by Crippen LogP contribution is 2.36. The number of amides is 1. The quantitative estimate of drug-likeness (QED) is 0.461. The summed E-state index contributed by atoms with van der Waals surface area (Å²) in [6.07, 6.45) is 0.338. The van der Waals surface area contributed by atoms with Crippen molar-refractivity contribution in [2.75, 3.05) is 17.8 Å². The number of anilines is 1. The van der Waals surface area contributed by atoms with Crippen LogP contribution >= 0.6 is 11.6 Å². The fraction of sp³-hybridized carbons (Fsp3) is 0.208. The Morgan fingerprint density at radius 1 is 1.11 bits per heavy atom. The zero-order valence-corrected chi connectivity index (χ0v) is 20.0. The largest absolute Gasteiger partial charge is 0.505 e. The van der Waals surface area contributed by atoms with E-state index in [1.54, 1.807) is 37.3 Å². The Balaban J connectivity index is 1.71. The van der Waals surface area contributed by atoms with Crippen molar-refractivity contribution >= 4 is 33.2 Å². The van der Waals surface area contributed by atoms with Crippen LogP contribution in [0.4, 0.5) is 14.5 Å². The Labute approximate surface area is 205 Å². The smallest absolute Gasteiger partial charge is 0.265 e. The molecular weight excluding hydrogens is 502 g/mol. The molecule has 11 heteroatoms. The van der Waals surface area contributed by atoms with Crippen molar-refractivity contribution in [2.45, 2.75) is 23.8 Å². The molecule has 1 fully saturated rings. The van der Waals surface area contributed by atoms with Crippen molar-refractivity contribution < 1.29 is 32.2 Å². The van der Waals surface area contributed by atoms with Gasteiger partial charge in [-0.2, -0.15) is 0 Å². The number of aliphatic hydroxyl groups is 1. The van der Waals surface area contributed by atoms with Crippen LogP contribution in [0.5, 0.6) is 5.75 Å². The van der Waals surface area contributed by atoms with Gasteiger partial charge < -0.3 is 15.1 Å². The summed E-state index contributed by atoms with van der Waals surface area (Å²) in [5.74, 6) is -3.50. The first-order chi connectivity index (χ1) is 16.4. The van der Waals surface area contributed by atoms with Crippen LogP contribution in [0, 0.1) is 11.6 Å². The number of phenolic OH excluding ortho intramolecular Hbond substituents is 1. The molecule has 35 heavy (non-hydrogen) atoms. The van der Waals surface area contributed by atoms with E-state index >= 15 is 0 Å². The molecule has 3 aromatic carbocycles. The molecule has 1 aliphatic heterocycles. The minimum atomic E-state index is -4.67. The molecular formula is C24H21ClF2N2O5S. The van der Waals surface area contributed by atoms with Gasteiger partial charge in [-0.1, -0.05) is 41.9 Å². The number of rotatable bonds is 5. The van der Waals surface area contributed by atoms with E-state index in [-0.39, 0.29) is 24.2 Å². The lowest BCUT2D eigenvalue weighted by atomic mass is 10.0. The number of sulfonamides is 1. The number of carbonyl (C=O) groups is 1. The van der Waals surface area contributed by atoms with Crippen molar-refractivity contribution in [1.29, 1.82) is 0 Å². The maximum atomic E-state index is 14.5. The summed E-state index contributed by atoms with van der Waals surface area (Å²) in [5.41, 5.74) is -1.44. The summed E-state index contributed by atoms with van der Waals surface area (Å²) in [7, 11) is -4.67. The molecule has 0 spiro atoms. The number of hydrogen-bond donors (Lipinski definition) is 3. The molecule has 7 nitrogen and oxygen atoms in total. The molecule has 3 aromatic rings. The molecule has 1 atom stereocenters. The third kappa shape index (κ3) is 5.09. The fourth-order valence-corrected chi connectivity index (χ4v) is 5.35. The number of aromatic hydroxyl groups is 1. The maximum Gasteiger partial charge on any atom is 0.265 e. The zero-order chi connectivity index (χ0) is 25.5. The van der Waals surface area contributed by atoms with Crippen LogP contribution < -0.4 is 4.72 Å². The van der Waals surface area contributed by atoms with Gasteiger partial charge in [-0.25, -0.2) is 17.2 Å². The van der Waals surface area contributed by atoms with Gasteiger partial charge in [0.05, 0.1) is 16.3 Å². The van der Waals surface area contributed by atoms with E-state index in [2.05, 4.69) is 0 Å². The van der Waals surface area contributed by atoms with Gasteiger partial charge in [0.25, 0.3) is 15.9 Å². The minimum absolute atomic E-state index is 0.0354. The van der Waals surface area contributed by atoms with Crippen LogP contribution in [0.2, 0.25) is 5.02 Å². The van der Waals surface area contributed by atoms with E-state index in [1.807, 2.05) is 4.72 Å². The molecule has 4 rings (SSSR count). The van der Waals surface area contributed by atoms with Gasteiger partial charge in [-0.05, 0) is 37.1 Å². The monoisotopic (exact) mass is 522 g/mol. The lowest BCUT2D eigenvalue weighted by Gasteiger charge is -2.20. The molecule has 0 radical (unpaired) electrons. The number of halogens is 3. The van der Waals surface area contributed by atoms with Crippen molar-refractivity contribution in [2.24, 2.45) is 0 Å². The molecule has 0 aromatic heterocycles. The standard InChI is InChI=1S/C24H21ClF2N2O5S/c1-24(32)7-8-29(13-24)23(31)15-9-17(25)22(30)21(10-15)35(33,34)28-20-11-16(18(26)12-19(20)27)14-5-3-2-4-6-14/h2-6,9-12,28,30,32H,7-8,13H2,1H3/t24-/m0/s1. The minimum Gasteiger partial charge on any atom is -0.505 e. The molecule has 1 saturated heterocycles. The fourth-order valence-electron chi connectivity index (χ4n) is 3.87. The molecule has 1 aliphatic rings. The van der Waals surface area contributed by atoms with Gasteiger partial charge in [0.15, 0.2) is 5.75 Å². The summed E-state index contributed by atoms with van der Waals surface area (Å²) in [6.45, 7) is 1.85. The van der Waals surface area contributed by atoms with Crippen molar-refractivity contribution in [1.82, 2.24) is 4.90 Å². The van der Waals surface area contributed by atoms with E-state index in [0.717, 1.165) is 18.2 Å². The second-order valence-corrected chi connectivity index (χ2v) is 10.6. The molecule has 0 bridgehead atoms. The molecule has 3 N–H and O–H groups in total. The van der Waals surface area contributed by atoms with Crippen LogP contribution in [0.25, 0.3) is 11.1 Å². The third-order valence-corrected chi connectivity index (χ3v) is 7.36. The number of carbonyl (C=O) groups excluding carboxylic acids is 1. The lowest BCUT2D eigenvalue weighted by Crippen LogP contribution is -2.34. The van der Waals surface area contributed by atoms with Gasteiger partial charge in [-0.3, -0.25) is 9.52 Å². The van der Waals surface area contributed by atoms with Gasteiger partial charge in [0.2, 0.25) is 0 Å². The summed E-state index contributed by atoms with van der Waals surface area (Å²) in [5, 5.41) is 20.1. The molecule has 184 valence electrons. The van der Waals surface area contributed by atoms with Crippen LogP contribution in [0.1, 0.15) is 23.7 Å². The first-order valence-electron chi connectivity index (χ1n) is 10.5. The topological polar surface area (TPSA) is 107 Å². The number of nitrogens with one attached hydrogen (secondary N) is 1.